The van der Waals surface area contributed by atoms with E-state index in [-0.39, 0.29) is 16.0 Å². The second-order valence-electron chi connectivity index (χ2n) is 7.11. The molecular weight excluding hydrogens is 504 g/mol. The number of hydrogen-bond acceptors (Lipinski definition) is 7. The minimum absolute atomic E-state index is 0.0666. The number of anilines is 1. The largest absolute Gasteiger partial charge is 0.378 e. The number of thioether (sulfide) groups is 1. The van der Waals surface area contributed by atoms with Gasteiger partial charge in [0.05, 0.1) is 15.1 Å². The van der Waals surface area contributed by atoms with Crippen molar-refractivity contribution in [1.29, 1.82) is 5.41 Å². The van der Waals surface area contributed by atoms with E-state index in [1.807, 2.05) is 61.5 Å². The van der Waals surface area contributed by atoms with Gasteiger partial charge >= 0.3 is 0 Å². The molecule has 0 fully saturated rings. The zero-order valence-corrected chi connectivity index (χ0v) is 21.0. The molecule has 3 aromatic carbocycles. The van der Waals surface area contributed by atoms with Gasteiger partial charge in [0, 0.05) is 11.0 Å². The lowest BCUT2D eigenvalue weighted by molar-refractivity contribution is -0.111. The lowest BCUT2D eigenvalue weighted by atomic mass is 10.2. The van der Waals surface area contributed by atoms with Crippen molar-refractivity contribution in [3.05, 3.63) is 96.1 Å². The lowest BCUT2D eigenvalue weighted by Gasteiger charge is -2.06. The van der Waals surface area contributed by atoms with Crippen LogP contribution in [0.1, 0.15) is 11.1 Å². The maximum atomic E-state index is 12.3. The van der Waals surface area contributed by atoms with E-state index in [2.05, 4.69) is 10.3 Å². The zero-order valence-electron chi connectivity index (χ0n) is 18.5. The Morgan fingerprint density at radius 3 is 2.29 bits per heavy atom. The zero-order chi connectivity index (χ0) is 25.4. The summed E-state index contributed by atoms with van der Waals surface area (Å²) in [5, 5.41) is 10.7. The Balaban J connectivity index is 0.000000261. The first-order chi connectivity index (χ1) is 16.6. The number of amides is 1. The minimum Gasteiger partial charge on any atom is -0.378 e. The minimum atomic E-state index is -4.02. The van der Waals surface area contributed by atoms with E-state index in [1.165, 1.54) is 29.5 Å². The number of carbonyl (C=O) groups is 1. The molecule has 0 spiro atoms. The molecule has 1 aromatic heterocycles. The van der Waals surface area contributed by atoms with Crippen LogP contribution < -0.4 is 11.1 Å². The van der Waals surface area contributed by atoms with Crippen molar-refractivity contribution < 1.29 is 17.8 Å². The van der Waals surface area contributed by atoms with Crippen molar-refractivity contribution in [3.63, 3.8) is 0 Å². The van der Waals surface area contributed by atoms with Crippen molar-refractivity contribution in [1.82, 2.24) is 4.98 Å². The molecule has 5 N–H and O–H groups in total. The maximum Gasteiger partial charge on any atom is 0.294 e. The van der Waals surface area contributed by atoms with Gasteiger partial charge < -0.3 is 5.73 Å². The highest BCUT2D eigenvalue weighted by molar-refractivity contribution is 8.21. The average molecular weight is 527 g/mol. The highest BCUT2D eigenvalue weighted by Crippen LogP contribution is 2.28. The number of rotatable bonds is 5. The van der Waals surface area contributed by atoms with Crippen LogP contribution in [-0.2, 0) is 14.9 Å². The second-order valence-corrected chi connectivity index (χ2v) is 10.6. The topological polar surface area (TPSA) is 146 Å². The van der Waals surface area contributed by atoms with Gasteiger partial charge in [-0.3, -0.25) is 20.1 Å². The van der Waals surface area contributed by atoms with Gasteiger partial charge in [0.1, 0.15) is 0 Å². The highest BCUT2D eigenvalue weighted by Gasteiger charge is 2.10. The lowest BCUT2D eigenvalue weighted by Crippen LogP contribution is -2.09. The van der Waals surface area contributed by atoms with E-state index in [0.717, 1.165) is 33.1 Å². The van der Waals surface area contributed by atoms with Crippen LogP contribution in [0.15, 0.2) is 89.8 Å². The van der Waals surface area contributed by atoms with E-state index in [1.54, 1.807) is 12.1 Å². The van der Waals surface area contributed by atoms with Crippen molar-refractivity contribution in [2.45, 2.75) is 11.8 Å². The maximum absolute atomic E-state index is 12.3. The number of nitrogens with zero attached hydrogens (tertiary/aromatic N) is 1. The summed E-state index contributed by atoms with van der Waals surface area (Å²) in [6.45, 7) is 1.84. The third kappa shape index (κ3) is 8.04. The SMILES string of the molecule is Cc1ccc(S(=O)(=O)O)cc1.N=C(N)SC(=CC(=O)Nc1nc2ccccc2s1)c1ccccc1. The molecule has 0 unspecified atom stereocenters. The molecule has 0 aliphatic heterocycles. The predicted molar refractivity (Wildman–Crippen MR) is 143 cm³/mol. The van der Waals surface area contributed by atoms with Gasteiger partial charge in [-0.1, -0.05) is 83.3 Å². The third-order valence-electron chi connectivity index (χ3n) is 4.38. The van der Waals surface area contributed by atoms with Crippen molar-refractivity contribution in [2.24, 2.45) is 5.73 Å². The molecule has 0 bridgehead atoms. The summed E-state index contributed by atoms with van der Waals surface area (Å²) < 4.78 is 30.6. The van der Waals surface area contributed by atoms with Crippen LogP contribution in [-0.4, -0.2) is 29.0 Å². The quantitative estimate of drug-likeness (QED) is 0.122. The number of thiazole rings is 1. The number of amidine groups is 1. The van der Waals surface area contributed by atoms with E-state index < -0.39 is 10.1 Å². The Bertz CT molecular complexity index is 1430. The van der Waals surface area contributed by atoms with Crippen LogP contribution in [0.2, 0.25) is 0 Å². The van der Waals surface area contributed by atoms with Crippen LogP contribution in [0.5, 0.6) is 0 Å². The number of aryl methyl sites for hydroxylation is 1. The normalized spacial score (nSPS) is 11.4. The number of para-hydroxylation sites is 1. The van der Waals surface area contributed by atoms with Crippen LogP contribution >= 0.6 is 23.1 Å². The Hall–Kier alpha value is -3.51. The van der Waals surface area contributed by atoms with Gasteiger partial charge in [0.2, 0.25) is 0 Å². The predicted octanol–water partition coefficient (Wildman–Crippen LogP) is 5.14. The van der Waals surface area contributed by atoms with Gasteiger partial charge in [0.15, 0.2) is 10.3 Å². The summed E-state index contributed by atoms with van der Waals surface area (Å²) >= 11 is 2.46. The van der Waals surface area contributed by atoms with Crippen LogP contribution in [0.25, 0.3) is 15.1 Å². The molecule has 1 heterocycles. The molecule has 4 rings (SSSR count). The third-order valence-corrected chi connectivity index (χ3v) is 7.00. The second kappa shape index (κ2) is 11.8. The van der Waals surface area contributed by atoms with E-state index in [4.69, 9.17) is 15.7 Å². The number of benzene rings is 3. The number of nitrogens with two attached hydrogens (primary N) is 1. The number of fused-ring (bicyclic) bond motifs is 1. The fraction of sp³-hybridized carbons (Fsp3) is 0.0417. The summed E-state index contributed by atoms with van der Waals surface area (Å²) in [6.07, 6.45) is 1.44. The first-order valence-electron chi connectivity index (χ1n) is 10.1. The number of aromatic nitrogens is 1. The van der Waals surface area contributed by atoms with Crippen LogP contribution in [0.3, 0.4) is 0 Å². The molecular formula is C24H22N4O4S3. The Morgan fingerprint density at radius 2 is 1.69 bits per heavy atom. The van der Waals surface area contributed by atoms with E-state index in [0.29, 0.717) is 10.0 Å². The Kier molecular flexibility index (Phi) is 8.77. The van der Waals surface area contributed by atoms with Gasteiger partial charge in [-0.25, -0.2) is 4.98 Å². The molecule has 0 aliphatic rings. The van der Waals surface area contributed by atoms with Crippen molar-refractivity contribution in [2.75, 3.05) is 5.32 Å². The van der Waals surface area contributed by atoms with Crippen LogP contribution in [0.4, 0.5) is 5.13 Å². The summed E-state index contributed by atoms with van der Waals surface area (Å²) in [4.78, 5) is 17.2. The fourth-order valence-electron chi connectivity index (χ4n) is 2.79. The van der Waals surface area contributed by atoms with Crippen molar-refractivity contribution in [3.8, 4) is 0 Å². The summed E-state index contributed by atoms with van der Waals surface area (Å²) in [5.41, 5.74) is 8.11. The van der Waals surface area contributed by atoms with E-state index >= 15 is 0 Å². The highest BCUT2D eigenvalue weighted by atomic mass is 32.2. The smallest absolute Gasteiger partial charge is 0.294 e. The Morgan fingerprint density at radius 1 is 1.06 bits per heavy atom. The number of carbonyl (C=O) groups excluding carboxylic acids is 1. The summed E-state index contributed by atoms with van der Waals surface area (Å²) in [6, 6.07) is 23.1. The van der Waals surface area contributed by atoms with Gasteiger partial charge in [-0.15, -0.1) is 0 Å². The van der Waals surface area contributed by atoms with Gasteiger partial charge in [-0.2, -0.15) is 8.42 Å². The monoisotopic (exact) mass is 526 g/mol. The molecule has 35 heavy (non-hydrogen) atoms. The molecule has 0 atom stereocenters. The van der Waals surface area contributed by atoms with Crippen LogP contribution in [0, 0.1) is 12.3 Å². The summed E-state index contributed by atoms with van der Waals surface area (Å²) in [5.74, 6) is -0.304. The molecule has 0 aliphatic carbocycles. The molecule has 11 heteroatoms. The number of hydrogen-bond donors (Lipinski definition) is 4. The molecule has 0 saturated heterocycles. The molecule has 0 radical (unpaired) electrons. The summed E-state index contributed by atoms with van der Waals surface area (Å²) in [7, 11) is -4.02. The standard InChI is InChI=1S/C17H14N4OS2.C7H8O3S/c18-16(19)23-14(11-6-2-1-3-7-11)10-15(22)21-17-20-12-8-4-5-9-13(12)24-17;1-6-2-4-7(5-3-6)11(8,9)10/h1-10H,(H3,18,19)(H,20,21,22);2-5H,1H3,(H,8,9,10). The van der Waals surface area contributed by atoms with Crippen molar-refractivity contribution >= 4 is 64.5 Å². The molecule has 8 nitrogen and oxygen atoms in total. The molecule has 0 saturated carbocycles. The van der Waals surface area contributed by atoms with E-state index in [9.17, 15) is 13.2 Å². The number of nitrogens with one attached hydrogen (secondary N) is 2. The molecule has 4 aromatic rings. The van der Waals surface area contributed by atoms with Gasteiger partial charge in [-0.05, 0) is 36.8 Å². The Labute approximate surface area is 211 Å². The first-order valence-corrected chi connectivity index (χ1v) is 13.2. The average Bonchev–Trinajstić information content (AvgIpc) is 3.21. The molecule has 1 amide bonds. The van der Waals surface area contributed by atoms with Gasteiger partial charge in [0.25, 0.3) is 16.0 Å². The first kappa shape index (κ1) is 26.1. The fourth-order valence-corrected chi connectivity index (χ4v) is 4.79. The molecule has 180 valence electrons.